The van der Waals surface area contributed by atoms with Crippen LogP contribution in [0.25, 0.3) is 10.4 Å². The maximum Gasteiger partial charge on any atom is 0.331 e. The number of carbonyl (C=O) groups excluding carboxylic acids is 1. The molecule has 2 rings (SSSR count). The van der Waals surface area contributed by atoms with Gasteiger partial charge in [-0.05, 0) is 34.1 Å². The van der Waals surface area contributed by atoms with Gasteiger partial charge in [0, 0.05) is 17.4 Å². The van der Waals surface area contributed by atoms with E-state index < -0.39 is 8.32 Å². The molecule has 1 heterocycles. The molecule has 1 fully saturated rings. The third-order valence-electron chi connectivity index (χ3n) is 5.56. The van der Waals surface area contributed by atoms with E-state index in [1.807, 2.05) is 0 Å². The molecule has 1 saturated carbocycles. The van der Waals surface area contributed by atoms with Crippen molar-refractivity contribution in [3.8, 4) is 0 Å². The fraction of sp³-hybridized carbons (Fsp3) is 0.824. The number of nitrogens with zero attached hydrogens (tertiary/aromatic N) is 3. The lowest BCUT2D eigenvalue weighted by Gasteiger charge is -2.47. The lowest BCUT2D eigenvalue weighted by Crippen LogP contribution is -2.53. The third-order valence-corrected chi connectivity index (χ3v) is 11.7. The van der Waals surface area contributed by atoms with Gasteiger partial charge in [0.1, 0.15) is 6.10 Å². The minimum atomic E-state index is -2.09. The summed E-state index contributed by atoms with van der Waals surface area (Å²) in [6.45, 7) is 13.4. The molecule has 0 aromatic rings. The second kappa shape index (κ2) is 7.29. The molecule has 0 spiro atoms. The Hall–Kier alpha value is -1.30. The lowest BCUT2D eigenvalue weighted by molar-refractivity contribution is -0.140. The largest absolute Gasteiger partial charge is 0.455 e. The zero-order valence-electron chi connectivity index (χ0n) is 15.5. The molecule has 6 nitrogen and oxygen atoms in total. The summed E-state index contributed by atoms with van der Waals surface area (Å²) in [5, 5.41) is 3.98. The highest BCUT2D eigenvalue weighted by Crippen LogP contribution is 2.45. The minimum absolute atomic E-state index is 0.187. The van der Waals surface area contributed by atoms with E-state index in [0.29, 0.717) is 29.5 Å². The van der Waals surface area contributed by atoms with Crippen LogP contribution < -0.4 is 0 Å². The molecule has 24 heavy (non-hydrogen) atoms. The van der Waals surface area contributed by atoms with Crippen LogP contribution >= 0.6 is 0 Å². The van der Waals surface area contributed by atoms with Crippen molar-refractivity contribution in [2.75, 3.05) is 0 Å². The van der Waals surface area contributed by atoms with Crippen LogP contribution in [-0.4, -0.2) is 32.5 Å². The van der Waals surface area contributed by atoms with Gasteiger partial charge in [-0.25, -0.2) is 4.79 Å². The molecular weight excluding hydrogens is 322 g/mol. The van der Waals surface area contributed by atoms with E-state index in [-0.39, 0.29) is 24.2 Å². The Bertz CT molecular complexity index is 546. The van der Waals surface area contributed by atoms with Crippen molar-refractivity contribution in [2.45, 2.75) is 89.3 Å². The van der Waals surface area contributed by atoms with Crippen LogP contribution in [0.3, 0.4) is 0 Å². The summed E-state index contributed by atoms with van der Waals surface area (Å²) in [6.07, 6.45) is 2.27. The standard InChI is InChI=1S/C17H29N3O3Si/c1-10(2)24(11(3)4,12(5)6)23-16-9-15-13(8-17(21)22-15)7-14(16)19-20-18/h8,10-12,14-16H,7,9H2,1-6H3/t14-,15-,16-/m0/s1. The number of rotatable bonds is 6. The Morgan fingerprint density at radius 3 is 2.33 bits per heavy atom. The highest BCUT2D eigenvalue weighted by molar-refractivity contribution is 6.77. The first kappa shape index (κ1) is 19.0. The summed E-state index contributed by atoms with van der Waals surface area (Å²) >= 11 is 0. The van der Waals surface area contributed by atoms with Crippen molar-refractivity contribution in [3.05, 3.63) is 22.1 Å². The van der Waals surface area contributed by atoms with Crippen LogP contribution in [0.4, 0.5) is 0 Å². The van der Waals surface area contributed by atoms with E-state index in [1.165, 1.54) is 0 Å². The molecule has 0 saturated heterocycles. The van der Waals surface area contributed by atoms with Gasteiger partial charge in [0.25, 0.3) is 0 Å². The average Bonchev–Trinajstić information content (AvgIpc) is 2.82. The van der Waals surface area contributed by atoms with Crippen molar-refractivity contribution in [1.82, 2.24) is 0 Å². The number of fused-ring (bicyclic) bond motifs is 1. The fourth-order valence-corrected chi connectivity index (χ4v) is 10.2. The molecule has 7 heteroatoms. The number of carbonyl (C=O) groups is 1. The van der Waals surface area contributed by atoms with Crippen molar-refractivity contribution < 1.29 is 14.0 Å². The zero-order valence-corrected chi connectivity index (χ0v) is 16.5. The van der Waals surface area contributed by atoms with Crippen LogP contribution in [0.1, 0.15) is 54.4 Å². The van der Waals surface area contributed by atoms with Crippen molar-refractivity contribution in [2.24, 2.45) is 5.11 Å². The van der Waals surface area contributed by atoms with Crippen LogP contribution in [0.2, 0.25) is 16.6 Å². The predicted octanol–water partition coefficient (Wildman–Crippen LogP) is 4.87. The molecule has 0 N–H and O–H groups in total. The van der Waals surface area contributed by atoms with Crippen molar-refractivity contribution in [1.29, 1.82) is 0 Å². The van der Waals surface area contributed by atoms with Crippen LogP contribution in [-0.2, 0) is 14.0 Å². The topological polar surface area (TPSA) is 84.3 Å². The lowest BCUT2D eigenvalue weighted by atomic mass is 9.87. The number of hydrogen-bond donors (Lipinski definition) is 0. The first-order chi connectivity index (χ1) is 11.2. The summed E-state index contributed by atoms with van der Waals surface area (Å²) in [5.41, 5.74) is 11.2. The summed E-state index contributed by atoms with van der Waals surface area (Å²) in [6, 6.07) is -0.268. The molecule has 0 radical (unpaired) electrons. The molecule has 0 aromatic carbocycles. The maximum absolute atomic E-state index is 11.6. The first-order valence-corrected chi connectivity index (χ1v) is 11.0. The number of hydrogen-bond acceptors (Lipinski definition) is 4. The van der Waals surface area contributed by atoms with Gasteiger partial charge in [-0.2, -0.15) is 0 Å². The number of azide groups is 1. The van der Waals surface area contributed by atoms with Gasteiger partial charge in [-0.3, -0.25) is 0 Å². The second-order valence-corrected chi connectivity index (χ2v) is 13.2. The summed E-state index contributed by atoms with van der Waals surface area (Å²) in [7, 11) is -2.09. The van der Waals surface area contributed by atoms with Crippen LogP contribution in [0.15, 0.2) is 16.8 Å². The Kier molecular flexibility index (Phi) is 5.78. The maximum atomic E-state index is 11.6. The van der Waals surface area contributed by atoms with Gasteiger partial charge in [-0.15, -0.1) is 0 Å². The Balaban J connectivity index is 2.32. The normalized spacial score (nSPS) is 27.1. The monoisotopic (exact) mass is 351 g/mol. The third kappa shape index (κ3) is 3.39. The predicted molar refractivity (Wildman–Crippen MR) is 96.1 cm³/mol. The van der Waals surface area contributed by atoms with Gasteiger partial charge in [0.05, 0.1) is 12.1 Å². The smallest absolute Gasteiger partial charge is 0.331 e. The molecule has 1 aliphatic heterocycles. The van der Waals surface area contributed by atoms with E-state index >= 15 is 0 Å². The molecule has 3 atom stereocenters. The van der Waals surface area contributed by atoms with E-state index in [9.17, 15) is 4.79 Å². The number of esters is 1. The molecule has 1 aliphatic carbocycles. The Morgan fingerprint density at radius 2 is 1.83 bits per heavy atom. The molecule has 2 aliphatic rings. The van der Waals surface area contributed by atoms with Crippen molar-refractivity contribution in [3.63, 3.8) is 0 Å². The highest BCUT2D eigenvalue weighted by atomic mass is 28.4. The summed E-state index contributed by atoms with van der Waals surface area (Å²) < 4.78 is 12.2. The van der Waals surface area contributed by atoms with Crippen molar-refractivity contribution >= 4 is 14.3 Å². The van der Waals surface area contributed by atoms with Gasteiger partial charge >= 0.3 is 5.97 Å². The van der Waals surface area contributed by atoms with E-state index in [0.717, 1.165) is 5.57 Å². The Labute approximate surface area is 145 Å². The van der Waals surface area contributed by atoms with Crippen LogP contribution in [0, 0.1) is 0 Å². The number of ether oxygens (including phenoxy) is 1. The van der Waals surface area contributed by atoms with E-state index in [4.69, 9.17) is 14.7 Å². The molecule has 0 aromatic heterocycles. The van der Waals surface area contributed by atoms with E-state index in [1.54, 1.807) is 6.08 Å². The van der Waals surface area contributed by atoms with Gasteiger partial charge < -0.3 is 9.16 Å². The summed E-state index contributed by atoms with van der Waals surface area (Å²) in [5.74, 6) is -0.296. The fourth-order valence-electron chi connectivity index (χ4n) is 4.60. The van der Waals surface area contributed by atoms with Crippen LogP contribution in [0.5, 0.6) is 0 Å². The molecule has 134 valence electrons. The molecular formula is C17H29N3O3Si. The molecule has 0 bridgehead atoms. The van der Waals surface area contributed by atoms with Gasteiger partial charge in [0.15, 0.2) is 0 Å². The minimum Gasteiger partial charge on any atom is -0.455 e. The second-order valence-electron chi connectivity index (χ2n) is 7.83. The summed E-state index contributed by atoms with van der Waals surface area (Å²) in [4.78, 5) is 14.6. The van der Waals surface area contributed by atoms with Gasteiger partial charge in [0.2, 0.25) is 8.32 Å². The molecule has 0 amide bonds. The molecule has 0 unspecified atom stereocenters. The first-order valence-electron chi connectivity index (χ1n) is 8.85. The Morgan fingerprint density at radius 1 is 1.25 bits per heavy atom. The SMILES string of the molecule is CC(C)[Si](O[C@H]1C[C@@H]2OC(=O)C=C2C[C@@H]1N=[N+]=[N-])(C(C)C)C(C)C. The quantitative estimate of drug-likeness (QED) is 0.225. The van der Waals surface area contributed by atoms with E-state index in [2.05, 4.69) is 51.6 Å². The average molecular weight is 352 g/mol. The highest BCUT2D eigenvalue weighted by Gasteiger charge is 2.49. The zero-order chi connectivity index (χ0) is 18.1. The van der Waals surface area contributed by atoms with Gasteiger partial charge in [-0.1, -0.05) is 46.7 Å².